The lowest BCUT2D eigenvalue weighted by molar-refractivity contribution is 0.382. The van der Waals surface area contributed by atoms with Crippen molar-refractivity contribution in [3.63, 3.8) is 0 Å². The molecule has 0 spiro atoms. The molecule has 0 amide bonds. The highest BCUT2D eigenvalue weighted by Gasteiger charge is 2.31. The Kier molecular flexibility index (Phi) is 4.30. The molecule has 2 aliphatic heterocycles. The SMILES string of the molecule is c1ccc(C2Nc3ccccc3CC2NC2CNc3ccccc3C2)cc1. The van der Waals surface area contributed by atoms with Crippen molar-refractivity contribution < 1.29 is 0 Å². The molecule has 136 valence electrons. The number of para-hydroxylation sites is 2. The second-order valence-corrected chi connectivity index (χ2v) is 7.61. The highest BCUT2D eigenvalue weighted by atomic mass is 15.1. The summed E-state index contributed by atoms with van der Waals surface area (Å²) in [7, 11) is 0. The van der Waals surface area contributed by atoms with Crippen LogP contribution in [0.4, 0.5) is 11.4 Å². The number of hydrogen-bond acceptors (Lipinski definition) is 3. The molecule has 3 heteroatoms. The third kappa shape index (κ3) is 3.31. The molecule has 5 rings (SSSR count). The van der Waals surface area contributed by atoms with E-state index in [4.69, 9.17) is 0 Å². The van der Waals surface area contributed by atoms with Crippen LogP contribution in [0.2, 0.25) is 0 Å². The Morgan fingerprint density at radius 3 is 2.19 bits per heavy atom. The number of nitrogens with one attached hydrogen (secondary N) is 3. The van der Waals surface area contributed by atoms with Crippen molar-refractivity contribution >= 4 is 11.4 Å². The minimum absolute atomic E-state index is 0.276. The molecule has 0 bridgehead atoms. The molecule has 2 aliphatic rings. The van der Waals surface area contributed by atoms with Gasteiger partial charge in [0.1, 0.15) is 0 Å². The van der Waals surface area contributed by atoms with Gasteiger partial charge in [0, 0.05) is 30.0 Å². The molecule has 0 radical (unpaired) electrons. The number of rotatable bonds is 3. The van der Waals surface area contributed by atoms with E-state index in [2.05, 4.69) is 94.8 Å². The Morgan fingerprint density at radius 1 is 0.704 bits per heavy atom. The molecule has 2 heterocycles. The van der Waals surface area contributed by atoms with E-state index in [1.54, 1.807) is 0 Å². The lowest BCUT2D eigenvalue weighted by Crippen LogP contribution is -2.51. The molecule has 3 N–H and O–H groups in total. The normalized spacial score (nSPS) is 23.5. The van der Waals surface area contributed by atoms with Crippen molar-refractivity contribution in [1.82, 2.24) is 5.32 Å². The average molecular weight is 355 g/mol. The van der Waals surface area contributed by atoms with E-state index in [0.717, 1.165) is 19.4 Å². The van der Waals surface area contributed by atoms with Crippen molar-refractivity contribution in [2.24, 2.45) is 0 Å². The van der Waals surface area contributed by atoms with Gasteiger partial charge in [0.05, 0.1) is 6.04 Å². The molecule has 0 fully saturated rings. The van der Waals surface area contributed by atoms with Crippen LogP contribution in [0.1, 0.15) is 22.7 Å². The topological polar surface area (TPSA) is 36.1 Å². The van der Waals surface area contributed by atoms with Crippen LogP contribution in [0.15, 0.2) is 78.9 Å². The van der Waals surface area contributed by atoms with Crippen molar-refractivity contribution in [3.8, 4) is 0 Å². The molecule has 27 heavy (non-hydrogen) atoms. The number of benzene rings is 3. The zero-order valence-corrected chi connectivity index (χ0v) is 15.4. The van der Waals surface area contributed by atoms with Gasteiger partial charge < -0.3 is 16.0 Å². The van der Waals surface area contributed by atoms with Crippen molar-refractivity contribution in [2.45, 2.75) is 31.0 Å². The molecule has 3 nitrogen and oxygen atoms in total. The summed E-state index contributed by atoms with van der Waals surface area (Å²) in [5.41, 5.74) is 6.68. The fourth-order valence-corrected chi connectivity index (χ4v) is 4.46. The molecule has 0 saturated carbocycles. The molecular formula is C24H25N3. The maximum Gasteiger partial charge on any atom is 0.0670 e. The quantitative estimate of drug-likeness (QED) is 0.652. The van der Waals surface area contributed by atoms with E-state index in [9.17, 15) is 0 Å². The molecule has 3 unspecified atom stereocenters. The summed E-state index contributed by atoms with van der Waals surface area (Å²) < 4.78 is 0. The summed E-state index contributed by atoms with van der Waals surface area (Å²) in [5.74, 6) is 0. The Bertz CT molecular complexity index is 922. The lowest BCUT2D eigenvalue weighted by atomic mass is 9.87. The maximum absolute atomic E-state index is 3.96. The first kappa shape index (κ1) is 16.4. The molecule has 0 aromatic heterocycles. The fourth-order valence-electron chi connectivity index (χ4n) is 4.46. The van der Waals surface area contributed by atoms with Gasteiger partial charge in [-0.1, -0.05) is 66.7 Å². The second-order valence-electron chi connectivity index (χ2n) is 7.61. The van der Waals surface area contributed by atoms with Crippen LogP contribution in [0, 0.1) is 0 Å². The number of fused-ring (bicyclic) bond motifs is 2. The summed E-state index contributed by atoms with van der Waals surface area (Å²) in [5, 5.41) is 11.3. The maximum atomic E-state index is 3.96. The Labute approximate surface area is 160 Å². The van der Waals surface area contributed by atoms with E-state index >= 15 is 0 Å². The van der Waals surface area contributed by atoms with E-state index in [1.807, 2.05) is 0 Å². The van der Waals surface area contributed by atoms with Gasteiger partial charge in [-0.3, -0.25) is 0 Å². The lowest BCUT2D eigenvalue weighted by Gasteiger charge is -2.39. The first-order valence-corrected chi connectivity index (χ1v) is 9.84. The minimum Gasteiger partial charge on any atom is -0.383 e. The zero-order valence-electron chi connectivity index (χ0n) is 15.4. The third-order valence-electron chi connectivity index (χ3n) is 5.80. The summed E-state index contributed by atoms with van der Waals surface area (Å²) in [4.78, 5) is 0. The van der Waals surface area contributed by atoms with Crippen molar-refractivity contribution in [3.05, 3.63) is 95.6 Å². The van der Waals surface area contributed by atoms with E-state index in [1.165, 1.54) is 28.1 Å². The monoisotopic (exact) mass is 355 g/mol. The molecule has 0 saturated heterocycles. The number of hydrogen-bond donors (Lipinski definition) is 3. The summed E-state index contributed by atoms with van der Waals surface area (Å²) in [6.45, 7) is 0.969. The molecular weight excluding hydrogens is 330 g/mol. The van der Waals surface area contributed by atoms with E-state index in [-0.39, 0.29) is 6.04 Å². The second kappa shape index (κ2) is 7.09. The van der Waals surface area contributed by atoms with E-state index < -0.39 is 0 Å². The largest absolute Gasteiger partial charge is 0.383 e. The van der Waals surface area contributed by atoms with Gasteiger partial charge in [0.2, 0.25) is 0 Å². The first-order valence-electron chi connectivity index (χ1n) is 9.84. The van der Waals surface area contributed by atoms with Crippen molar-refractivity contribution in [2.75, 3.05) is 17.2 Å². The van der Waals surface area contributed by atoms with Crippen LogP contribution >= 0.6 is 0 Å². The average Bonchev–Trinajstić information content (AvgIpc) is 2.74. The van der Waals surface area contributed by atoms with Crippen LogP contribution in [-0.4, -0.2) is 18.6 Å². The smallest absolute Gasteiger partial charge is 0.0670 e. The minimum atomic E-state index is 0.276. The molecule has 3 aromatic carbocycles. The van der Waals surface area contributed by atoms with Gasteiger partial charge >= 0.3 is 0 Å². The predicted octanol–water partition coefficient (Wildman–Crippen LogP) is 4.39. The standard InChI is InChI=1S/C24H25N3/c1-2-8-17(9-3-1)24-23(15-19-11-5-7-13-22(19)27-24)26-20-14-18-10-4-6-12-21(18)25-16-20/h1-13,20,23-27H,14-16H2. The molecule has 0 aliphatic carbocycles. The Morgan fingerprint density at radius 2 is 1.37 bits per heavy atom. The van der Waals surface area contributed by atoms with Crippen LogP contribution < -0.4 is 16.0 Å². The fraction of sp³-hybridized carbons (Fsp3) is 0.250. The third-order valence-corrected chi connectivity index (χ3v) is 5.80. The summed E-state index contributed by atoms with van der Waals surface area (Å²) in [6, 6.07) is 29.2. The van der Waals surface area contributed by atoms with Crippen LogP contribution in [0.5, 0.6) is 0 Å². The van der Waals surface area contributed by atoms with Crippen LogP contribution in [-0.2, 0) is 12.8 Å². The van der Waals surface area contributed by atoms with Gasteiger partial charge in [0.15, 0.2) is 0 Å². The highest BCUT2D eigenvalue weighted by molar-refractivity contribution is 5.56. The summed E-state index contributed by atoms with van der Waals surface area (Å²) >= 11 is 0. The first-order chi connectivity index (χ1) is 13.4. The highest BCUT2D eigenvalue weighted by Crippen LogP contribution is 2.33. The van der Waals surface area contributed by atoms with Crippen molar-refractivity contribution in [1.29, 1.82) is 0 Å². The van der Waals surface area contributed by atoms with Crippen LogP contribution in [0.25, 0.3) is 0 Å². The van der Waals surface area contributed by atoms with Gasteiger partial charge in [-0.2, -0.15) is 0 Å². The molecule has 3 atom stereocenters. The van der Waals surface area contributed by atoms with Crippen LogP contribution in [0.3, 0.4) is 0 Å². The van der Waals surface area contributed by atoms with Gasteiger partial charge in [-0.15, -0.1) is 0 Å². The van der Waals surface area contributed by atoms with Gasteiger partial charge in [-0.25, -0.2) is 0 Å². The van der Waals surface area contributed by atoms with Gasteiger partial charge in [-0.05, 0) is 41.7 Å². The van der Waals surface area contributed by atoms with Gasteiger partial charge in [0.25, 0.3) is 0 Å². The zero-order chi connectivity index (χ0) is 18.1. The Hall–Kier alpha value is -2.78. The predicted molar refractivity (Wildman–Crippen MR) is 112 cm³/mol. The Balaban J connectivity index is 1.41. The summed E-state index contributed by atoms with van der Waals surface area (Å²) in [6.07, 6.45) is 2.11. The number of anilines is 2. The van der Waals surface area contributed by atoms with E-state index in [0.29, 0.717) is 12.1 Å². The molecule has 3 aromatic rings.